The molecule has 0 spiro atoms. The van der Waals surface area contributed by atoms with Gasteiger partial charge in [0.05, 0.1) is 22.1 Å². The second kappa shape index (κ2) is 11.3. The van der Waals surface area contributed by atoms with Gasteiger partial charge in [-0.25, -0.2) is 0 Å². The number of hydrogen-bond donors (Lipinski definition) is 0. The van der Waals surface area contributed by atoms with E-state index in [2.05, 4.69) is 203 Å². The van der Waals surface area contributed by atoms with Crippen LogP contribution >= 0.6 is 0 Å². The van der Waals surface area contributed by atoms with E-state index in [0.29, 0.717) is 0 Å². The molecular formula is C50H32N2. The first kappa shape index (κ1) is 28.9. The Balaban J connectivity index is 1.09. The van der Waals surface area contributed by atoms with Crippen LogP contribution in [0.1, 0.15) is 0 Å². The first-order chi connectivity index (χ1) is 25.8. The van der Waals surface area contributed by atoms with E-state index in [1.165, 1.54) is 87.4 Å². The molecule has 0 aliphatic rings. The molecule has 0 amide bonds. The zero-order valence-electron chi connectivity index (χ0n) is 28.4. The predicted octanol–water partition coefficient (Wildman–Crippen LogP) is 13.5. The molecule has 0 aliphatic carbocycles. The lowest BCUT2D eigenvalue weighted by Crippen LogP contribution is -1.95. The van der Waals surface area contributed by atoms with Gasteiger partial charge in [0.15, 0.2) is 0 Å². The van der Waals surface area contributed by atoms with Crippen molar-refractivity contribution in [3.63, 3.8) is 0 Å². The Morgan fingerprint density at radius 1 is 0.269 bits per heavy atom. The molecule has 0 radical (unpaired) electrons. The summed E-state index contributed by atoms with van der Waals surface area (Å²) in [6.07, 6.45) is 0. The van der Waals surface area contributed by atoms with E-state index in [-0.39, 0.29) is 0 Å². The highest BCUT2D eigenvalue weighted by Crippen LogP contribution is 2.41. The number of nitrogens with zero attached hydrogens (tertiary/aromatic N) is 2. The van der Waals surface area contributed by atoms with Crippen LogP contribution in [0.15, 0.2) is 194 Å². The Kier molecular flexibility index (Phi) is 6.28. The fourth-order valence-electron chi connectivity index (χ4n) is 8.53. The van der Waals surface area contributed by atoms with Crippen molar-refractivity contribution in [2.24, 2.45) is 0 Å². The molecule has 11 aromatic rings. The maximum atomic E-state index is 2.39. The zero-order valence-corrected chi connectivity index (χ0v) is 28.4. The van der Waals surface area contributed by atoms with Gasteiger partial charge in [0, 0.05) is 32.9 Å². The van der Waals surface area contributed by atoms with Gasteiger partial charge in [0.2, 0.25) is 0 Å². The van der Waals surface area contributed by atoms with Crippen molar-refractivity contribution in [1.29, 1.82) is 0 Å². The van der Waals surface area contributed by atoms with Gasteiger partial charge in [-0.3, -0.25) is 0 Å². The van der Waals surface area contributed by atoms with Crippen molar-refractivity contribution in [3.05, 3.63) is 194 Å². The molecular weight excluding hydrogens is 629 g/mol. The van der Waals surface area contributed by atoms with Gasteiger partial charge in [0.1, 0.15) is 0 Å². The first-order valence-electron chi connectivity index (χ1n) is 17.9. The van der Waals surface area contributed by atoms with E-state index in [4.69, 9.17) is 0 Å². The van der Waals surface area contributed by atoms with Crippen LogP contribution in [-0.4, -0.2) is 9.13 Å². The van der Waals surface area contributed by atoms with Crippen molar-refractivity contribution >= 4 is 65.2 Å². The Morgan fingerprint density at radius 2 is 0.673 bits per heavy atom. The van der Waals surface area contributed by atoms with E-state index in [9.17, 15) is 0 Å². The van der Waals surface area contributed by atoms with Crippen LogP contribution in [0.3, 0.4) is 0 Å². The fourth-order valence-corrected chi connectivity index (χ4v) is 8.53. The monoisotopic (exact) mass is 660 g/mol. The molecule has 0 saturated heterocycles. The summed E-state index contributed by atoms with van der Waals surface area (Å²) >= 11 is 0. The van der Waals surface area contributed by atoms with E-state index in [1.807, 2.05) is 0 Å². The summed E-state index contributed by atoms with van der Waals surface area (Å²) in [5, 5.41) is 10.1. The SMILES string of the molecule is c1ccc2cc3c(-c4ccc(-n5c6ccccc6c6ccccc65)cc4)c(-c4ccc(-n5c6ccccc6c6ccccc65)cc4)ccc3cc2c1. The zero-order chi connectivity index (χ0) is 34.2. The number of aromatic nitrogens is 2. The minimum atomic E-state index is 1.16. The van der Waals surface area contributed by atoms with Crippen molar-refractivity contribution in [2.45, 2.75) is 0 Å². The maximum absolute atomic E-state index is 2.39. The van der Waals surface area contributed by atoms with Crippen molar-refractivity contribution in [2.75, 3.05) is 0 Å². The van der Waals surface area contributed by atoms with Gasteiger partial charge in [-0.1, -0.05) is 133 Å². The lowest BCUT2D eigenvalue weighted by molar-refractivity contribution is 1.18. The summed E-state index contributed by atoms with van der Waals surface area (Å²) in [7, 11) is 0. The summed E-state index contributed by atoms with van der Waals surface area (Å²) < 4.78 is 4.77. The second-order valence-electron chi connectivity index (χ2n) is 13.7. The number of fused-ring (bicyclic) bond motifs is 8. The molecule has 0 N–H and O–H groups in total. The molecule has 0 saturated carbocycles. The molecule has 52 heavy (non-hydrogen) atoms. The first-order valence-corrected chi connectivity index (χ1v) is 17.9. The third-order valence-electron chi connectivity index (χ3n) is 10.9. The summed E-state index contributed by atoms with van der Waals surface area (Å²) in [6.45, 7) is 0. The third-order valence-corrected chi connectivity index (χ3v) is 10.9. The average Bonchev–Trinajstić information content (AvgIpc) is 3.73. The predicted molar refractivity (Wildman–Crippen MR) is 221 cm³/mol. The third kappa shape index (κ3) is 4.31. The van der Waals surface area contributed by atoms with Crippen LogP contribution in [0.2, 0.25) is 0 Å². The second-order valence-corrected chi connectivity index (χ2v) is 13.7. The topological polar surface area (TPSA) is 9.86 Å². The van der Waals surface area contributed by atoms with E-state index >= 15 is 0 Å². The molecule has 0 fully saturated rings. The van der Waals surface area contributed by atoms with Crippen LogP contribution < -0.4 is 0 Å². The van der Waals surface area contributed by atoms with E-state index < -0.39 is 0 Å². The van der Waals surface area contributed by atoms with Crippen LogP contribution in [-0.2, 0) is 0 Å². The van der Waals surface area contributed by atoms with Gasteiger partial charge in [-0.2, -0.15) is 0 Å². The summed E-state index contributed by atoms with van der Waals surface area (Å²) in [4.78, 5) is 0. The van der Waals surface area contributed by atoms with Crippen molar-refractivity contribution in [3.8, 4) is 33.6 Å². The molecule has 0 aliphatic heterocycles. The number of hydrogen-bond acceptors (Lipinski definition) is 0. The highest BCUT2D eigenvalue weighted by Gasteiger charge is 2.17. The van der Waals surface area contributed by atoms with Crippen LogP contribution in [0, 0.1) is 0 Å². The molecule has 2 heteroatoms. The van der Waals surface area contributed by atoms with Crippen LogP contribution in [0.4, 0.5) is 0 Å². The van der Waals surface area contributed by atoms with Gasteiger partial charge in [-0.05, 0) is 104 Å². The summed E-state index contributed by atoms with van der Waals surface area (Å²) in [5.41, 5.74) is 12.1. The molecule has 242 valence electrons. The molecule has 0 atom stereocenters. The number of benzene rings is 9. The number of rotatable bonds is 4. The minimum Gasteiger partial charge on any atom is -0.309 e. The van der Waals surface area contributed by atoms with Crippen LogP contribution in [0.5, 0.6) is 0 Å². The molecule has 2 nitrogen and oxygen atoms in total. The van der Waals surface area contributed by atoms with Crippen molar-refractivity contribution < 1.29 is 0 Å². The highest BCUT2D eigenvalue weighted by atomic mass is 15.0. The molecule has 0 bridgehead atoms. The average molecular weight is 661 g/mol. The van der Waals surface area contributed by atoms with Gasteiger partial charge in [-0.15, -0.1) is 0 Å². The van der Waals surface area contributed by atoms with Crippen molar-refractivity contribution in [1.82, 2.24) is 9.13 Å². The largest absolute Gasteiger partial charge is 0.309 e. The maximum Gasteiger partial charge on any atom is 0.0541 e. The Labute approximate surface area is 301 Å². The Hall–Kier alpha value is -6.90. The molecule has 0 unspecified atom stereocenters. The standard InChI is InChI=1S/C50H32N2/c1-2-12-36-32-45-37(31-35(36)11-1)25-30-40(33-21-26-38(27-22-33)51-46-17-7-3-13-41(46)42-14-4-8-18-47(42)51)50(45)34-23-28-39(29-24-34)52-48-19-9-5-15-43(48)44-16-6-10-20-49(44)52/h1-32H. The van der Waals surface area contributed by atoms with E-state index in [1.54, 1.807) is 0 Å². The highest BCUT2D eigenvalue weighted by molar-refractivity contribution is 6.12. The minimum absolute atomic E-state index is 1.16. The Bertz CT molecular complexity index is 3050. The normalized spacial score (nSPS) is 11.8. The molecule has 2 aromatic heterocycles. The molecule has 11 rings (SSSR count). The number of para-hydroxylation sites is 4. The molecule has 2 heterocycles. The summed E-state index contributed by atoms with van der Waals surface area (Å²) in [5.74, 6) is 0. The lowest BCUT2D eigenvalue weighted by atomic mass is 9.88. The molecule has 9 aromatic carbocycles. The van der Waals surface area contributed by atoms with Crippen LogP contribution in [0.25, 0.3) is 98.8 Å². The van der Waals surface area contributed by atoms with E-state index in [0.717, 1.165) is 11.4 Å². The van der Waals surface area contributed by atoms with Gasteiger partial charge in [0.25, 0.3) is 0 Å². The summed E-state index contributed by atoms with van der Waals surface area (Å²) in [6, 6.07) is 71.1. The van der Waals surface area contributed by atoms with Gasteiger partial charge >= 0.3 is 0 Å². The fraction of sp³-hybridized carbons (Fsp3) is 0. The quantitative estimate of drug-likeness (QED) is 0.166. The smallest absolute Gasteiger partial charge is 0.0541 e. The Morgan fingerprint density at radius 3 is 1.15 bits per heavy atom. The van der Waals surface area contributed by atoms with Gasteiger partial charge < -0.3 is 9.13 Å². The lowest BCUT2D eigenvalue weighted by Gasteiger charge is -2.17.